The van der Waals surface area contributed by atoms with Crippen LogP contribution in [-0.4, -0.2) is 31.8 Å². The molecule has 102 valence electrons. The first-order valence-corrected chi connectivity index (χ1v) is 6.71. The van der Waals surface area contributed by atoms with Gasteiger partial charge in [0.15, 0.2) is 5.16 Å². The smallest absolute Gasteiger partial charge is 0.344 e. The van der Waals surface area contributed by atoms with Crippen LogP contribution < -0.4 is 11.0 Å². The van der Waals surface area contributed by atoms with Gasteiger partial charge in [0.2, 0.25) is 5.95 Å². The number of aryl methyl sites for hydroxylation is 1. The molecule has 0 fully saturated rings. The van der Waals surface area contributed by atoms with Crippen molar-refractivity contribution < 1.29 is 0 Å². The number of rotatable bonds is 4. The average molecular weight is 280 g/mol. The average Bonchev–Trinajstić information content (AvgIpc) is 2.69. The molecule has 0 saturated heterocycles. The second-order valence-corrected chi connectivity index (χ2v) is 5.29. The maximum Gasteiger partial charge on any atom is 0.344 e. The van der Waals surface area contributed by atoms with Gasteiger partial charge in [0.25, 0.3) is 0 Å². The van der Waals surface area contributed by atoms with E-state index in [4.69, 9.17) is 0 Å². The number of nitrogens with zero attached hydrogens (tertiary/aromatic N) is 4. The highest BCUT2D eigenvalue weighted by Crippen LogP contribution is 2.25. The third-order valence-electron chi connectivity index (χ3n) is 2.44. The molecule has 0 spiro atoms. The topological polar surface area (TPSA) is 88.5 Å². The number of anilines is 1. The van der Waals surface area contributed by atoms with Gasteiger partial charge in [-0.15, -0.1) is 5.10 Å². The van der Waals surface area contributed by atoms with E-state index in [-0.39, 0.29) is 11.7 Å². The van der Waals surface area contributed by atoms with Crippen LogP contribution in [0.15, 0.2) is 21.0 Å². The van der Waals surface area contributed by atoms with Gasteiger partial charge in [-0.1, -0.05) is 0 Å². The lowest BCUT2D eigenvalue weighted by molar-refractivity contribution is 0.534. The first kappa shape index (κ1) is 13.6. The molecule has 0 unspecified atom stereocenters. The van der Waals surface area contributed by atoms with Crippen molar-refractivity contribution in [2.24, 2.45) is 0 Å². The van der Waals surface area contributed by atoms with Crippen molar-refractivity contribution in [2.75, 3.05) is 12.4 Å². The maximum atomic E-state index is 11.6. The Morgan fingerprint density at radius 1 is 1.42 bits per heavy atom. The lowest BCUT2D eigenvalue weighted by Crippen LogP contribution is -2.19. The minimum absolute atomic E-state index is 0.0421. The van der Waals surface area contributed by atoms with Crippen LogP contribution in [0.1, 0.15) is 25.6 Å². The Bertz CT molecular complexity index is 632. The number of hydrogen-bond acceptors (Lipinski definition) is 6. The Labute approximate surface area is 114 Å². The molecule has 8 heteroatoms. The Morgan fingerprint density at radius 2 is 2.16 bits per heavy atom. The fraction of sp³-hybridized carbons (Fsp3) is 0.455. The standard InChI is InChI=1S/C11H16N6OS/c1-6(2)17-10(18)15-16-11(17)19-8-5-7(3)13-9(12-4)14-8/h5-6H,1-4H3,(H,15,18)(H,12,13,14). The largest absolute Gasteiger partial charge is 0.357 e. The molecule has 0 saturated carbocycles. The predicted molar refractivity (Wildman–Crippen MR) is 73.7 cm³/mol. The van der Waals surface area contributed by atoms with Crippen molar-refractivity contribution in [1.82, 2.24) is 24.7 Å². The molecule has 2 heterocycles. The molecule has 0 bridgehead atoms. The number of aromatic amines is 1. The van der Waals surface area contributed by atoms with E-state index in [1.165, 1.54) is 11.8 Å². The molecule has 7 nitrogen and oxygen atoms in total. The van der Waals surface area contributed by atoms with Crippen LogP contribution in [0.4, 0.5) is 5.95 Å². The summed E-state index contributed by atoms with van der Waals surface area (Å²) in [6.07, 6.45) is 0. The number of aromatic nitrogens is 5. The second-order valence-electron chi connectivity index (χ2n) is 4.30. The van der Waals surface area contributed by atoms with E-state index in [0.29, 0.717) is 11.1 Å². The monoisotopic (exact) mass is 280 g/mol. The zero-order chi connectivity index (χ0) is 14.0. The Kier molecular flexibility index (Phi) is 3.89. The first-order chi connectivity index (χ1) is 9.01. The van der Waals surface area contributed by atoms with E-state index >= 15 is 0 Å². The van der Waals surface area contributed by atoms with Crippen LogP contribution in [-0.2, 0) is 0 Å². The van der Waals surface area contributed by atoms with Crippen molar-refractivity contribution in [3.63, 3.8) is 0 Å². The molecule has 0 aromatic carbocycles. The summed E-state index contributed by atoms with van der Waals surface area (Å²) in [5.74, 6) is 0.552. The maximum absolute atomic E-state index is 11.6. The van der Waals surface area contributed by atoms with Crippen molar-refractivity contribution in [2.45, 2.75) is 37.0 Å². The Hall–Kier alpha value is -1.83. The molecule has 2 rings (SSSR count). The van der Waals surface area contributed by atoms with Gasteiger partial charge in [-0.05, 0) is 38.6 Å². The van der Waals surface area contributed by atoms with Crippen molar-refractivity contribution in [3.8, 4) is 0 Å². The van der Waals surface area contributed by atoms with Crippen molar-refractivity contribution in [3.05, 3.63) is 22.2 Å². The molecule has 0 aliphatic rings. The third kappa shape index (κ3) is 2.95. The summed E-state index contributed by atoms with van der Waals surface area (Å²) < 4.78 is 1.60. The van der Waals surface area contributed by atoms with Gasteiger partial charge in [0, 0.05) is 18.8 Å². The van der Waals surface area contributed by atoms with Gasteiger partial charge in [-0.25, -0.2) is 19.9 Å². The lowest BCUT2D eigenvalue weighted by Gasteiger charge is -2.08. The molecule has 2 aromatic rings. The quantitative estimate of drug-likeness (QED) is 0.824. The normalized spacial score (nSPS) is 11.0. The fourth-order valence-corrected chi connectivity index (χ4v) is 2.65. The summed E-state index contributed by atoms with van der Waals surface area (Å²) in [5, 5.41) is 10.7. The van der Waals surface area contributed by atoms with Gasteiger partial charge in [0.05, 0.1) is 0 Å². The molecular weight excluding hydrogens is 264 g/mol. The summed E-state index contributed by atoms with van der Waals surface area (Å²) >= 11 is 1.34. The van der Waals surface area contributed by atoms with Crippen LogP contribution in [0.2, 0.25) is 0 Å². The number of hydrogen-bond donors (Lipinski definition) is 2. The summed E-state index contributed by atoms with van der Waals surface area (Å²) in [7, 11) is 1.77. The molecule has 0 aliphatic carbocycles. The molecular formula is C11H16N6OS. The summed E-state index contributed by atoms with van der Waals surface area (Å²) in [6.45, 7) is 5.77. The SMILES string of the molecule is CNc1nc(C)cc(Sc2n[nH]c(=O)n2C(C)C)n1. The first-order valence-electron chi connectivity index (χ1n) is 5.89. The fourth-order valence-electron chi connectivity index (χ4n) is 1.61. The van der Waals surface area contributed by atoms with Crippen LogP contribution >= 0.6 is 11.8 Å². The summed E-state index contributed by atoms with van der Waals surface area (Å²) in [6, 6.07) is 1.90. The number of H-pyrrole nitrogens is 1. The highest BCUT2D eigenvalue weighted by Gasteiger charge is 2.14. The molecule has 0 amide bonds. The van der Waals surface area contributed by atoms with E-state index in [9.17, 15) is 4.79 Å². The van der Waals surface area contributed by atoms with E-state index in [1.54, 1.807) is 11.6 Å². The lowest BCUT2D eigenvalue weighted by atomic mass is 10.4. The molecule has 2 N–H and O–H groups in total. The van der Waals surface area contributed by atoms with E-state index in [0.717, 1.165) is 10.7 Å². The van der Waals surface area contributed by atoms with Gasteiger partial charge in [-0.2, -0.15) is 0 Å². The zero-order valence-corrected chi connectivity index (χ0v) is 12.1. The van der Waals surface area contributed by atoms with Gasteiger partial charge in [0.1, 0.15) is 5.03 Å². The molecule has 2 aromatic heterocycles. The van der Waals surface area contributed by atoms with Gasteiger partial charge in [-0.3, -0.25) is 4.57 Å². The van der Waals surface area contributed by atoms with Crippen molar-refractivity contribution in [1.29, 1.82) is 0 Å². The molecule has 0 aliphatic heterocycles. The summed E-state index contributed by atoms with van der Waals surface area (Å²) in [5.41, 5.74) is 0.646. The predicted octanol–water partition coefficient (Wildman–Crippen LogP) is 1.44. The van der Waals surface area contributed by atoms with Crippen LogP contribution in [0.3, 0.4) is 0 Å². The van der Waals surface area contributed by atoms with E-state index in [1.807, 2.05) is 26.8 Å². The molecule has 19 heavy (non-hydrogen) atoms. The van der Waals surface area contributed by atoms with Crippen LogP contribution in [0.5, 0.6) is 0 Å². The Morgan fingerprint density at radius 3 is 2.79 bits per heavy atom. The highest BCUT2D eigenvalue weighted by atomic mass is 32.2. The van der Waals surface area contributed by atoms with Crippen molar-refractivity contribution >= 4 is 17.7 Å². The third-order valence-corrected chi connectivity index (χ3v) is 3.33. The number of nitrogens with one attached hydrogen (secondary N) is 2. The van der Waals surface area contributed by atoms with E-state index < -0.39 is 0 Å². The van der Waals surface area contributed by atoms with Crippen LogP contribution in [0, 0.1) is 6.92 Å². The minimum atomic E-state index is -0.211. The zero-order valence-electron chi connectivity index (χ0n) is 11.3. The second kappa shape index (κ2) is 5.43. The Balaban J connectivity index is 2.36. The highest BCUT2D eigenvalue weighted by molar-refractivity contribution is 7.99. The van der Waals surface area contributed by atoms with E-state index in [2.05, 4.69) is 25.5 Å². The van der Waals surface area contributed by atoms with Crippen LogP contribution in [0.25, 0.3) is 0 Å². The summed E-state index contributed by atoms with van der Waals surface area (Å²) in [4.78, 5) is 20.2. The van der Waals surface area contributed by atoms with Gasteiger partial charge >= 0.3 is 5.69 Å². The minimum Gasteiger partial charge on any atom is -0.357 e. The molecule has 0 radical (unpaired) electrons. The molecule has 0 atom stereocenters. The van der Waals surface area contributed by atoms with Gasteiger partial charge < -0.3 is 5.32 Å².